The van der Waals surface area contributed by atoms with Crippen molar-refractivity contribution in [3.8, 4) is 16.5 Å². The second kappa shape index (κ2) is 7.35. The lowest BCUT2D eigenvalue weighted by atomic mass is 9.89. The van der Waals surface area contributed by atoms with Crippen LogP contribution in [-0.2, 0) is 11.2 Å². The van der Waals surface area contributed by atoms with E-state index < -0.39 is 5.60 Å². The van der Waals surface area contributed by atoms with Gasteiger partial charge in [-0.05, 0) is 31.4 Å². The van der Waals surface area contributed by atoms with Crippen LogP contribution in [0.5, 0.6) is 5.75 Å². The number of benzene rings is 1. The largest absolute Gasteiger partial charge is 0.487 e. The summed E-state index contributed by atoms with van der Waals surface area (Å²) in [4.78, 5) is 17.7. The maximum atomic E-state index is 13.6. The first-order valence-corrected chi connectivity index (χ1v) is 9.92. The van der Waals surface area contributed by atoms with E-state index in [0.717, 1.165) is 10.4 Å². The average Bonchev–Trinajstić information content (AvgIpc) is 3.30. The van der Waals surface area contributed by atoms with Crippen LogP contribution in [0.2, 0.25) is 0 Å². The van der Waals surface area contributed by atoms with Gasteiger partial charge in [-0.15, -0.1) is 11.3 Å². The monoisotopic (exact) mass is 401 g/mol. The maximum Gasteiger partial charge on any atom is 0.227 e. The standard InChI is InChI=1S/C20H20FN3O3S/c1-20(2)11-14(13-6-5-12(21)10-15(13)26-20)22-17(25)7-8-18-23-19(24-27-18)16-4-3-9-28-16/h3-6,9-10,14H,7-8,11H2,1-2H3,(H,22,25). The highest BCUT2D eigenvalue weighted by Gasteiger charge is 2.34. The summed E-state index contributed by atoms with van der Waals surface area (Å²) in [6, 6.07) is 8.00. The molecule has 1 atom stereocenters. The molecule has 28 heavy (non-hydrogen) atoms. The van der Waals surface area contributed by atoms with Crippen LogP contribution in [0.3, 0.4) is 0 Å². The molecule has 0 saturated carbocycles. The summed E-state index contributed by atoms with van der Waals surface area (Å²) < 4.78 is 24.6. The number of nitrogens with zero attached hydrogens (tertiary/aromatic N) is 2. The summed E-state index contributed by atoms with van der Waals surface area (Å²) in [5.41, 5.74) is 0.285. The van der Waals surface area contributed by atoms with Crippen molar-refractivity contribution >= 4 is 17.2 Å². The number of hydrogen-bond donors (Lipinski definition) is 1. The second-order valence-corrected chi connectivity index (χ2v) is 8.30. The molecule has 1 amide bonds. The number of hydrogen-bond acceptors (Lipinski definition) is 6. The molecule has 4 rings (SSSR count). The van der Waals surface area contributed by atoms with E-state index in [-0.39, 0.29) is 24.2 Å². The molecule has 1 aliphatic heterocycles. The van der Waals surface area contributed by atoms with E-state index in [2.05, 4.69) is 15.5 Å². The highest BCUT2D eigenvalue weighted by Crippen LogP contribution is 2.39. The topological polar surface area (TPSA) is 77.3 Å². The van der Waals surface area contributed by atoms with Crippen molar-refractivity contribution in [1.29, 1.82) is 0 Å². The van der Waals surface area contributed by atoms with Crippen molar-refractivity contribution in [2.75, 3.05) is 0 Å². The molecule has 0 radical (unpaired) electrons. The Hall–Kier alpha value is -2.74. The number of ether oxygens (including phenoxy) is 1. The normalized spacial score (nSPS) is 17.6. The molecule has 0 fully saturated rings. The molecular formula is C20H20FN3O3S. The lowest BCUT2D eigenvalue weighted by Crippen LogP contribution is -2.41. The molecule has 1 aromatic carbocycles. The van der Waals surface area contributed by atoms with Crippen molar-refractivity contribution < 1.29 is 18.4 Å². The van der Waals surface area contributed by atoms with Crippen LogP contribution in [0.4, 0.5) is 4.39 Å². The average molecular weight is 401 g/mol. The van der Waals surface area contributed by atoms with Crippen LogP contribution in [0, 0.1) is 5.82 Å². The summed E-state index contributed by atoms with van der Waals surface area (Å²) in [5, 5.41) is 8.92. The molecule has 3 heterocycles. The van der Waals surface area contributed by atoms with Gasteiger partial charge in [-0.2, -0.15) is 4.98 Å². The quantitative estimate of drug-likeness (QED) is 0.690. The van der Waals surface area contributed by atoms with E-state index in [9.17, 15) is 9.18 Å². The van der Waals surface area contributed by atoms with Gasteiger partial charge >= 0.3 is 0 Å². The van der Waals surface area contributed by atoms with E-state index in [4.69, 9.17) is 9.26 Å². The molecule has 2 aromatic heterocycles. The highest BCUT2D eigenvalue weighted by molar-refractivity contribution is 7.13. The van der Waals surface area contributed by atoms with Gasteiger partial charge in [0.15, 0.2) is 0 Å². The molecule has 0 aliphatic carbocycles. The van der Waals surface area contributed by atoms with Crippen molar-refractivity contribution in [1.82, 2.24) is 15.5 Å². The van der Waals surface area contributed by atoms with E-state index in [1.165, 1.54) is 23.5 Å². The summed E-state index contributed by atoms with van der Waals surface area (Å²) in [6.45, 7) is 3.84. The Morgan fingerprint density at radius 3 is 3.04 bits per heavy atom. The van der Waals surface area contributed by atoms with E-state index in [1.807, 2.05) is 31.4 Å². The van der Waals surface area contributed by atoms with Gasteiger partial charge in [-0.3, -0.25) is 4.79 Å². The lowest BCUT2D eigenvalue weighted by Gasteiger charge is -2.37. The fraction of sp³-hybridized carbons (Fsp3) is 0.350. The number of fused-ring (bicyclic) bond motifs is 1. The fourth-order valence-corrected chi connectivity index (χ4v) is 3.95. The third kappa shape index (κ3) is 4.06. The Labute approximate surface area is 165 Å². The van der Waals surface area contributed by atoms with Gasteiger partial charge in [0.25, 0.3) is 0 Å². The number of aromatic nitrogens is 2. The minimum atomic E-state index is -0.499. The Morgan fingerprint density at radius 1 is 1.39 bits per heavy atom. The molecule has 8 heteroatoms. The number of rotatable bonds is 5. The molecule has 0 spiro atoms. The molecule has 146 valence electrons. The number of amides is 1. The summed E-state index contributed by atoms with van der Waals surface area (Å²) >= 11 is 1.53. The molecule has 1 aliphatic rings. The van der Waals surface area contributed by atoms with Crippen LogP contribution in [0.25, 0.3) is 10.7 Å². The highest BCUT2D eigenvalue weighted by atomic mass is 32.1. The predicted molar refractivity (Wildman–Crippen MR) is 103 cm³/mol. The number of thiophene rings is 1. The zero-order valence-electron chi connectivity index (χ0n) is 15.6. The third-order valence-corrected chi connectivity index (χ3v) is 5.41. The number of nitrogens with one attached hydrogen (secondary N) is 1. The number of carbonyl (C=O) groups excluding carboxylic acids is 1. The lowest BCUT2D eigenvalue weighted by molar-refractivity contribution is -0.122. The van der Waals surface area contributed by atoms with Crippen molar-refractivity contribution in [2.45, 2.75) is 44.8 Å². The van der Waals surface area contributed by atoms with Crippen LogP contribution < -0.4 is 10.1 Å². The zero-order chi connectivity index (χ0) is 19.7. The first kappa shape index (κ1) is 18.6. The molecule has 1 N–H and O–H groups in total. The van der Waals surface area contributed by atoms with E-state index in [0.29, 0.717) is 30.3 Å². The van der Waals surface area contributed by atoms with E-state index >= 15 is 0 Å². The number of halogens is 1. The Balaban J connectivity index is 1.40. The SMILES string of the molecule is CC1(C)CC(NC(=O)CCc2nc(-c3cccs3)no2)c2ccc(F)cc2O1. The van der Waals surface area contributed by atoms with Crippen LogP contribution in [0.15, 0.2) is 40.2 Å². The van der Waals surface area contributed by atoms with Gasteiger partial charge < -0.3 is 14.6 Å². The van der Waals surface area contributed by atoms with Gasteiger partial charge in [0.1, 0.15) is 17.2 Å². The second-order valence-electron chi connectivity index (χ2n) is 7.36. The van der Waals surface area contributed by atoms with Crippen molar-refractivity contribution in [3.05, 3.63) is 53.0 Å². The van der Waals surface area contributed by atoms with Gasteiger partial charge in [-0.1, -0.05) is 17.3 Å². The number of aryl methyl sites for hydroxylation is 1. The third-order valence-electron chi connectivity index (χ3n) is 4.54. The van der Waals surface area contributed by atoms with E-state index in [1.54, 1.807) is 6.07 Å². The first-order valence-electron chi connectivity index (χ1n) is 9.04. The molecule has 3 aromatic rings. The maximum absolute atomic E-state index is 13.6. The summed E-state index contributed by atoms with van der Waals surface area (Å²) in [5.74, 6) is 0.938. The van der Waals surface area contributed by atoms with Gasteiger partial charge in [0, 0.05) is 30.9 Å². The van der Waals surface area contributed by atoms with Gasteiger partial charge in [0.2, 0.25) is 17.6 Å². The molecular weight excluding hydrogens is 381 g/mol. The predicted octanol–water partition coefficient (Wildman–Crippen LogP) is 4.29. The fourth-order valence-electron chi connectivity index (χ4n) is 3.30. The summed E-state index contributed by atoms with van der Waals surface area (Å²) in [6.07, 6.45) is 1.17. The molecule has 1 unspecified atom stereocenters. The van der Waals surface area contributed by atoms with Crippen LogP contribution in [0.1, 0.15) is 44.2 Å². The minimum absolute atomic E-state index is 0.131. The Kier molecular flexibility index (Phi) is 4.89. The van der Waals surface area contributed by atoms with Crippen LogP contribution in [-0.4, -0.2) is 21.6 Å². The van der Waals surface area contributed by atoms with Crippen molar-refractivity contribution in [3.63, 3.8) is 0 Å². The van der Waals surface area contributed by atoms with Gasteiger partial charge in [0.05, 0.1) is 10.9 Å². The smallest absolute Gasteiger partial charge is 0.227 e. The Bertz CT molecular complexity index is 985. The number of carbonyl (C=O) groups is 1. The minimum Gasteiger partial charge on any atom is -0.487 e. The first-order chi connectivity index (χ1) is 13.4. The Morgan fingerprint density at radius 2 is 2.25 bits per heavy atom. The summed E-state index contributed by atoms with van der Waals surface area (Å²) in [7, 11) is 0. The van der Waals surface area contributed by atoms with Crippen molar-refractivity contribution in [2.24, 2.45) is 0 Å². The van der Waals surface area contributed by atoms with Crippen LogP contribution >= 0.6 is 11.3 Å². The zero-order valence-corrected chi connectivity index (χ0v) is 16.4. The molecule has 0 bridgehead atoms. The van der Waals surface area contributed by atoms with Gasteiger partial charge in [-0.25, -0.2) is 4.39 Å². The molecule has 6 nitrogen and oxygen atoms in total. The molecule has 0 saturated heterocycles.